The first-order valence-corrected chi connectivity index (χ1v) is 4.21. The largest absolute Gasteiger partial charge is 0.477 e. The minimum atomic E-state index is -4.02. The van der Waals surface area contributed by atoms with Crippen molar-refractivity contribution in [3.8, 4) is 0 Å². The lowest BCUT2D eigenvalue weighted by molar-refractivity contribution is -0.166. The van der Waals surface area contributed by atoms with Gasteiger partial charge in [-0.3, -0.25) is 0 Å². The molecule has 0 radical (unpaired) electrons. The highest BCUT2D eigenvalue weighted by Gasteiger charge is 2.42. The van der Waals surface area contributed by atoms with E-state index in [2.05, 4.69) is 15.9 Å². The Morgan fingerprint density at radius 2 is 2.00 bits per heavy atom. The number of carboxylic acids is 1. The second-order valence-electron chi connectivity index (χ2n) is 2.50. The molecule has 0 unspecified atom stereocenters. The predicted molar refractivity (Wildman–Crippen MR) is 45.6 cm³/mol. The Balaban J connectivity index is 3.26. The molecule has 2 nitrogen and oxygen atoms in total. The van der Waals surface area contributed by atoms with Crippen molar-refractivity contribution < 1.29 is 23.1 Å². The van der Waals surface area contributed by atoms with Crippen LogP contribution in [0.4, 0.5) is 13.2 Å². The predicted octanol–water partition coefficient (Wildman–Crippen LogP) is 2.76. The maximum absolute atomic E-state index is 12.9. The molecule has 1 aromatic carbocycles. The average molecular weight is 269 g/mol. The number of carbonyl (C=O) groups is 1. The molecule has 76 valence electrons. The summed E-state index contributed by atoms with van der Waals surface area (Å²) in [5.74, 6) is -7.02. The van der Waals surface area contributed by atoms with Gasteiger partial charge in [0.05, 0.1) is 0 Å². The van der Waals surface area contributed by atoms with Crippen molar-refractivity contribution in [2.75, 3.05) is 0 Å². The number of hydrogen-bond acceptors (Lipinski definition) is 1. The second-order valence-corrected chi connectivity index (χ2v) is 3.36. The average Bonchev–Trinajstić information content (AvgIpc) is 2.02. The second kappa shape index (κ2) is 3.61. The minimum absolute atomic E-state index is 0.273. The molecule has 6 heteroatoms. The Hall–Kier alpha value is -1.04. The number of halogens is 4. The number of benzene rings is 1. The molecule has 1 N–H and O–H groups in total. The van der Waals surface area contributed by atoms with Crippen molar-refractivity contribution in [1.82, 2.24) is 0 Å². The first-order valence-electron chi connectivity index (χ1n) is 3.42. The van der Waals surface area contributed by atoms with E-state index in [1.165, 1.54) is 0 Å². The van der Waals surface area contributed by atoms with Crippen molar-refractivity contribution in [3.05, 3.63) is 34.1 Å². The molecule has 0 amide bonds. The van der Waals surface area contributed by atoms with Crippen LogP contribution in [0.1, 0.15) is 5.56 Å². The van der Waals surface area contributed by atoms with E-state index in [1.807, 2.05) is 0 Å². The molecule has 0 spiro atoms. The summed E-state index contributed by atoms with van der Waals surface area (Å²) in [6.07, 6.45) is 0. The first-order chi connectivity index (χ1) is 6.35. The molecule has 0 bridgehead atoms. The SMILES string of the molecule is O=C(O)C(F)(F)c1ccc(F)cc1Br. The Bertz CT molecular complexity index is 379. The van der Waals surface area contributed by atoms with E-state index >= 15 is 0 Å². The summed E-state index contributed by atoms with van der Waals surface area (Å²) in [5, 5.41) is 8.22. The quantitative estimate of drug-likeness (QED) is 0.896. The summed E-state index contributed by atoms with van der Waals surface area (Å²) in [4.78, 5) is 10.2. The summed E-state index contributed by atoms with van der Waals surface area (Å²) in [6, 6.07) is 2.29. The van der Waals surface area contributed by atoms with E-state index < -0.39 is 23.3 Å². The first kappa shape index (κ1) is 11.0. The summed E-state index contributed by atoms with van der Waals surface area (Å²) in [5.41, 5.74) is -0.772. The van der Waals surface area contributed by atoms with Gasteiger partial charge in [-0.05, 0) is 18.2 Å². The lowest BCUT2D eigenvalue weighted by Crippen LogP contribution is -2.25. The lowest BCUT2D eigenvalue weighted by Gasteiger charge is -2.12. The molecule has 14 heavy (non-hydrogen) atoms. The highest BCUT2D eigenvalue weighted by molar-refractivity contribution is 9.10. The van der Waals surface area contributed by atoms with E-state index in [4.69, 9.17) is 5.11 Å². The van der Waals surface area contributed by atoms with Crippen LogP contribution in [0.25, 0.3) is 0 Å². The van der Waals surface area contributed by atoms with Gasteiger partial charge in [0.15, 0.2) is 0 Å². The fourth-order valence-corrected chi connectivity index (χ4v) is 1.46. The van der Waals surface area contributed by atoms with Gasteiger partial charge in [0.25, 0.3) is 0 Å². The summed E-state index contributed by atoms with van der Waals surface area (Å²) < 4.78 is 38.1. The third-order valence-electron chi connectivity index (χ3n) is 1.54. The fraction of sp³-hybridized carbons (Fsp3) is 0.125. The van der Waals surface area contributed by atoms with Gasteiger partial charge in [0.2, 0.25) is 0 Å². The summed E-state index contributed by atoms with van der Waals surface area (Å²) in [7, 11) is 0. The standard InChI is InChI=1S/C8H4BrF3O2/c9-6-3-4(10)1-2-5(6)8(11,12)7(13)14/h1-3H,(H,13,14). The molecule has 1 rings (SSSR count). The highest BCUT2D eigenvalue weighted by Crippen LogP contribution is 2.34. The summed E-state index contributed by atoms with van der Waals surface area (Å²) in [6.45, 7) is 0. The molecular formula is C8H4BrF3O2. The van der Waals surface area contributed by atoms with Gasteiger partial charge in [-0.15, -0.1) is 0 Å². The van der Waals surface area contributed by atoms with Crippen LogP contribution >= 0.6 is 15.9 Å². The number of aliphatic carboxylic acids is 1. The Kier molecular flexibility index (Phi) is 2.84. The van der Waals surface area contributed by atoms with Crippen molar-refractivity contribution in [1.29, 1.82) is 0 Å². The number of alkyl halides is 2. The number of carboxylic acid groups (broad SMARTS) is 1. The maximum atomic E-state index is 12.9. The zero-order valence-electron chi connectivity index (χ0n) is 6.60. The molecule has 0 saturated carbocycles. The molecule has 0 aliphatic carbocycles. The fourth-order valence-electron chi connectivity index (χ4n) is 0.859. The van der Waals surface area contributed by atoms with Gasteiger partial charge in [-0.1, -0.05) is 15.9 Å². The Morgan fingerprint density at radius 3 is 2.43 bits per heavy atom. The monoisotopic (exact) mass is 268 g/mol. The zero-order chi connectivity index (χ0) is 10.9. The van der Waals surface area contributed by atoms with Crippen LogP contribution in [0.15, 0.2) is 22.7 Å². The van der Waals surface area contributed by atoms with Gasteiger partial charge < -0.3 is 5.11 Å². The highest BCUT2D eigenvalue weighted by atomic mass is 79.9. The van der Waals surface area contributed by atoms with E-state index in [1.54, 1.807) is 0 Å². The maximum Gasteiger partial charge on any atom is 0.379 e. The zero-order valence-corrected chi connectivity index (χ0v) is 8.19. The van der Waals surface area contributed by atoms with Crippen molar-refractivity contribution >= 4 is 21.9 Å². The smallest absolute Gasteiger partial charge is 0.379 e. The van der Waals surface area contributed by atoms with Crippen LogP contribution in [0.2, 0.25) is 0 Å². The van der Waals surface area contributed by atoms with Crippen LogP contribution in [-0.4, -0.2) is 11.1 Å². The van der Waals surface area contributed by atoms with Crippen LogP contribution in [0.5, 0.6) is 0 Å². The lowest BCUT2D eigenvalue weighted by atomic mass is 10.1. The van der Waals surface area contributed by atoms with Gasteiger partial charge in [-0.25, -0.2) is 9.18 Å². The van der Waals surface area contributed by atoms with E-state index in [9.17, 15) is 18.0 Å². The number of rotatable bonds is 2. The molecular weight excluding hydrogens is 265 g/mol. The number of hydrogen-bond donors (Lipinski definition) is 1. The molecule has 0 aliphatic heterocycles. The molecule has 0 saturated heterocycles. The van der Waals surface area contributed by atoms with Gasteiger partial charge in [0, 0.05) is 10.0 Å². The van der Waals surface area contributed by atoms with Crippen molar-refractivity contribution in [2.45, 2.75) is 5.92 Å². The Morgan fingerprint density at radius 1 is 1.43 bits per heavy atom. The van der Waals surface area contributed by atoms with Crippen LogP contribution < -0.4 is 0 Å². The minimum Gasteiger partial charge on any atom is -0.477 e. The molecule has 0 aromatic heterocycles. The Labute approximate surface area is 85.5 Å². The van der Waals surface area contributed by atoms with Gasteiger partial charge in [0.1, 0.15) is 5.82 Å². The molecule has 0 fully saturated rings. The molecule has 0 heterocycles. The normalized spacial score (nSPS) is 11.4. The van der Waals surface area contributed by atoms with Gasteiger partial charge >= 0.3 is 11.9 Å². The van der Waals surface area contributed by atoms with Crippen molar-refractivity contribution in [3.63, 3.8) is 0 Å². The molecule has 1 aromatic rings. The van der Waals surface area contributed by atoms with E-state index in [0.717, 1.165) is 18.2 Å². The van der Waals surface area contributed by atoms with Crippen LogP contribution in [0.3, 0.4) is 0 Å². The van der Waals surface area contributed by atoms with Crippen LogP contribution in [-0.2, 0) is 10.7 Å². The topological polar surface area (TPSA) is 37.3 Å². The third kappa shape index (κ3) is 1.89. The van der Waals surface area contributed by atoms with Crippen molar-refractivity contribution in [2.24, 2.45) is 0 Å². The molecule has 0 atom stereocenters. The van der Waals surface area contributed by atoms with E-state index in [-0.39, 0.29) is 4.47 Å². The third-order valence-corrected chi connectivity index (χ3v) is 2.19. The molecule has 0 aliphatic rings. The van der Waals surface area contributed by atoms with Gasteiger partial charge in [-0.2, -0.15) is 8.78 Å². The summed E-state index contributed by atoms with van der Waals surface area (Å²) >= 11 is 2.67. The van der Waals surface area contributed by atoms with E-state index in [0.29, 0.717) is 0 Å². The van der Waals surface area contributed by atoms with Crippen LogP contribution in [0, 0.1) is 5.82 Å².